The highest BCUT2D eigenvalue weighted by molar-refractivity contribution is 5.94. The van der Waals surface area contributed by atoms with Gasteiger partial charge in [0, 0.05) is 23.3 Å². The summed E-state index contributed by atoms with van der Waals surface area (Å²) in [5, 5.41) is 13.6. The summed E-state index contributed by atoms with van der Waals surface area (Å²) in [5.74, 6) is -3.07. The second kappa shape index (κ2) is 8.32. The van der Waals surface area contributed by atoms with Crippen LogP contribution in [-0.4, -0.2) is 33.1 Å². The number of hydrogen-bond acceptors (Lipinski definition) is 8. The normalized spacial score (nSPS) is 13.8. The lowest BCUT2D eigenvalue weighted by molar-refractivity contribution is -0.199. The molecule has 1 aliphatic rings. The molecule has 0 amide bonds. The number of anilines is 2. The minimum absolute atomic E-state index is 0.0809. The Labute approximate surface area is 192 Å². The summed E-state index contributed by atoms with van der Waals surface area (Å²) < 4.78 is 30.1. The van der Waals surface area contributed by atoms with Crippen molar-refractivity contribution in [3.8, 4) is 17.1 Å². The number of ether oxygens (including phenoxy) is 3. The van der Waals surface area contributed by atoms with E-state index in [2.05, 4.69) is 20.3 Å². The number of fused-ring (bicyclic) bond motifs is 1. The van der Waals surface area contributed by atoms with Crippen molar-refractivity contribution < 1.29 is 28.5 Å². The monoisotopic (exact) mass is 460 g/mol. The molecule has 2 aromatic heterocycles. The summed E-state index contributed by atoms with van der Waals surface area (Å²) in [4.78, 5) is 25.5. The maximum absolute atomic E-state index is 14.2. The van der Waals surface area contributed by atoms with Crippen LogP contribution in [0, 0.1) is 5.82 Å². The summed E-state index contributed by atoms with van der Waals surface area (Å²) in [5.41, 5.74) is 1.41. The molecular formula is C24H17FN4O5. The standard InChI is InChI=1S/C24H17FN4O5/c1-32-16-5-7-19-17(12-16)22(29-21(27-19)14-3-2-8-26-13-14)28-20-6-4-15(25)11-18(20)24(23(30)31)33-9-10-34-24/h2-13H,1H3,(H,30,31)(H,27,28,29). The molecule has 34 heavy (non-hydrogen) atoms. The number of hydrogen-bond donors (Lipinski definition) is 2. The smallest absolute Gasteiger partial charge is 0.395 e. The van der Waals surface area contributed by atoms with Crippen LogP contribution in [0.1, 0.15) is 5.56 Å². The third kappa shape index (κ3) is 3.60. The first kappa shape index (κ1) is 21.1. The molecule has 0 spiro atoms. The molecule has 0 saturated carbocycles. The fourth-order valence-corrected chi connectivity index (χ4v) is 3.60. The SMILES string of the molecule is COc1ccc2nc(-c3cccnc3)nc(Nc3ccc(F)cc3C3(C(=O)O)OC=CO3)c2c1. The van der Waals surface area contributed by atoms with Crippen LogP contribution >= 0.6 is 0 Å². The lowest BCUT2D eigenvalue weighted by Gasteiger charge is -2.26. The number of methoxy groups -OCH3 is 1. The molecule has 0 fully saturated rings. The number of carboxylic acids is 1. The molecule has 9 nitrogen and oxygen atoms in total. The molecule has 0 saturated heterocycles. The zero-order chi connectivity index (χ0) is 23.7. The first-order chi connectivity index (χ1) is 16.5. The summed E-state index contributed by atoms with van der Waals surface area (Å²) in [6, 6.07) is 12.5. The van der Waals surface area contributed by atoms with Gasteiger partial charge in [-0.05, 0) is 48.5 Å². The number of aromatic nitrogens is 3. The zero-order valence-corrected chi connectivity index (χ0v) is 17.7. The van der Waals surface area contributed by atoms with E-state index in [0.717, 1.165) is 18.6 Å². The molecular weight excluding hydrogens is 443 g/mol. The predicted molar refractivity (Wildman–Crippen MR) is 120 cm³/mol. The van der Waals surface area contributed by atoms with Gasteiger partial charge in [0.25, 0.3) is 0 Å². The average Bonchev–Trinajstić information content (AvgIpc) is 3.37. The van der Waals surface area contributed by atoms with Gasteiger partial charge in [0.1, 0.15) is 29.9 Å². The number of carbonyl (C=O) groups is 1. The van der Waals surface area contributed by atoms with Gasteiger partial charge in [-0.3, -0.25) is 4.98 Å². The van der Waals surface area contributed by atoms with Crippen molar-refractivity contribution in [3.63, 3.8) is 0 Å². The average molecular weight is 460 g/mol. The number of nitrogens with one attached hydrogen (secondary N) is 1. The van der Waals surface area contributed by atoms with E-state index in [1.165, 1.54) is 19.2 Å². The Hall–Kier alpha value is -4.73. The molecule has 1 aliphatic heterocycles. The van der Waals surface area contributed by atoms with E-state index in [1.807, 2.05) is 6.07 Å². The van der Waals surface area contributed by atoms with Crippen LogP contribution in [0.2, 0.25) is 0 Å². The van der Waals surface area contributed by atoms with E-state index >= 15 is 0 Å². The third-order valence-electron chi connectivity index (χ3n) is 5.22. The molecule has 0 bridgehead atoms. The Bertz CT molecular complexity index is 1420. The van der Waals surface area contributed by atoms with Crippen molar-refractivity contribution in [2.24, 2.45) is 0 Å². The minimum Gasteiger partial charge on any atom is -0.497 e. The maximum Gasteiger partial charge on any atom is 0.395 e. The van der Waals surface area contributed by atoms with Gasteiger partial charge in [-0.1, -0.05) is 0 Å². The molecule has 2 N–H and O–H groups in total. The summed E-state index contributed by atoms with van der Waals surface area (Å²) in [7, 11) is 1.54. The number of rotatable bonds is 6. The maximum atomic E-state index is 14.2. The number of pyridine rings is 1. The molecule has 2 aromatic carbocycles. The number of aliphatic carboxylic acids is 1. The second-order valence-electron chi connectivity index (χ2n) is 7.27. The van der Waals surface area contributed by atoms with E-state index in [-0.39, 0.29) is 11.3 Å². The first-order valence-corrected chi connectivity index (χ1v) is 10.1. The van der Waals surface area contributed by atoms with Crippen molar-refractivity contribution in [2.45, 2.75) is 5.79 Å². The molecule has 5 rings (SSSR count). The molecule has 10 heteroatoms. The van der Waals surface area contributed by atoms with Gasteiger partial charge in [0.15, 0.2) is 5.82 Å². The van der Waals surface area contributed by atoms with Crippen LogP contribution in [0.5, 0.6) is 5.75 Å². The third-order valence-corrected chi connectivity index (χ3v) is 5.22. The summed E-state index contributed by atoms with van der Waals surface area (Å²) in [6.07, 6.45) is 5.45. The summed E-state index contributed by atoms with van der Waals surface area (Å²) in [6.45, 7) is 0. The van der Waals surface area contributed by atoms with Crippen molar-refractivity contribution in [2.75, 3.05) is 12.4 Å². The first-order valence-electron chi connectivity index (χ1n) is 10.1. The van der Waals surface area contributed by atoms with Crippen LogP contribution in [0.3, 0.4) is 0 Å². The van der Waals surface area contributed by atoms with Gasteiger partial charge in [0.05, 0.1) is 23.9 Å². The highest BCUT2D eigenvalue weighted by atomic mass is 19.1. The zero-order valence-electron chi connectivity index (χ0n) is 17.7. The van der Waals surface area contributed by atoms with Crippen LogP contribution in [0.25, 0.3) is 22.3 Å². The number of benzene rings is 2. The van der Waals surface area contributed by atoms with Crippen molar-refractivity contribution >= 4 is 28.4 Å². The lowest BCUT2D eigenvalue weighted by Crippen LogP contribution is -2.37. The molecule has 170 valence electrons. The van der Waals surface area contributed by atoms with E-state index in [0.29, 0.717) is 33.9 Å². The largest absolute Gasteiger partial charge is 0.497 e. The topological polar surface area (TPSA) is 116 Å². The molecule has 3 heterocycles. The minimum atomic E-state index is -2.25. The number of carboxylic acid groups (broad SMARTS) is 1. The molecule has 0 atom stereocenters. The van der Waals surface area contributed by atoms with Gasteiger partial charge >= 0.3 is 11.8 Å². The number of nitrogens with zero attached hydrogens (tertiary/aromatic N) is 3. The van der Waals surface area contributed by atoms with E-state index in [9.17, 15) is 14.3 Å². The fourth-order valence-electron chi connectivity index (χ4n) is 3.60. The summed E-state index contributed by atoms with van der Waals surface area (Å²) >= 11 is 0. The van der Waals surface area contributed by atoms with E-state index in [4.69, 9.17) is 14.2 Å². The highest BCUT2D eigenvalue weighted by Crippen LogP contribution is 2.39. The second-order valence-corrected chi connectivity index (χ2v) is 7.27. The Morgan fingerprint density at radius 3 is 2.65 bits per heavy atom. The molecule has 4 aromatic rings. The predicted octanol–water partition coefficient (Wildman–Crippen LogP) is 4.34. The fraction of sp³-hybridized carbons (Fsp3) is 0.0833. The van der Waals surface area contributed by atoms with Gasteiger partial charge in [-0.15, -0.1) is 0 Å². The van der Waals surface area contributed by atoms with E-state index in [1.54, 1.807) is 36.7 Å². The van der Waals surface area contributed by atoms with Crippen LogP contribution < -0.4 is 10.1 Å². The lowest BCUT2D eigenvalue weighted by atomic mass is 10.0. The molecule has 0 radical (unpaired) electrons. The highest BCUT2D eigenvalue weighted by Gasteiger charge is 2.49. The van der Waals surface area contributed by atoms with Crippen molar-refractivity contribution in [1.29, 1.82) is 0 Å². The van der Waals surface area contributed by atoms with Gasteiger partial charge in [-0.25, -0.2) is 19.2 Å². The molecule has 0 aliphatic carbocycles. The Kier molecular flexibility index (Phi) is 5.17. The van der Waals surface area contributed by atoms with Crippen molar-refractivity contribution in [3.05, 3.63) is 84.8 Å². The number of halogens is 1. The Morgan fingerprint density at radius 1 is 1.12 bits per heavy atom. The van der Waals surface area contributed by atoms with Crippen molar-refractivity contribution in [1.82, 2.24) is 15.0 Å². The van der Waals surface area contributed by atoms with E-state index < -0.39 is 17.6 Å². The van der Waals surface area contributed by atoms with Gasteiger partial charge in [0.2, 0.25) is 0 Å². The van der Waals surface area contributed by atoms with Crippen LogP contribution in [0.15, 0.2) is 73.4 Å². The van der Waals surface area contributed by atoms with Gasteiger partial charge in [-0.2, -0.15) is 0 Å². The quantitative estimate of drug-likeness (QED) is 0.433. The Morgan fingerprint density at radius 2 is 1.94 bits per heavy atom. The van der Waals surface area contributed by atoms with Gasteiger partial charge < -0.3 is 24.6 Å². The van der Waals surface area contributed by atoms with Crippen LogP contribution in [-0.2, 0) is 20.1 Å². The Balaban J connectivity index is 1.69. The molecule has 0 unspecified atom stereocenters. The van der Waals surface area contributed by atoms with Crippen LogP contribution in [0.4, 0.5) is 15.9 Å².